The molecular formula is C16H17ClN2O. The average molecular weight is 289 g/mol. The number of carbonyl (C=O) groups excluding carboxylic acids is 1. The Balaban J connectivity index is 1.83. The first-order valence-corrected chi connectivity index (χ1v) is 6.86. The van der Waals surface area contributed by atoms with E-state index in [4.69, 9.17) is 11.6 Å². The van der Waals surface area contributed by atoms with Crippen LogP contribution in [0.25, 0.3) is 0 Å². The lowest BCUT2D eigenvalue weighted by Gasteiger charge is -2.15. The number of amides is 2. The van der Waals surface area contributed by atoms with Crippen LogP contribution >= 0.6 is 11.6 Å². The molecule has 0 unspecified atom stereocenters. The highest BCUT2D eigenvalue weighted by molar-refractivity contribution is 6.30. The smallest absolute Gasteiger partial charge is 0.315 e. The molecule has 0 fully saturated rings. The van der Waals surface area contributed by atoms with Gasteiger partial charge in [-0.25, -0.2) is 4.79 Å². The Hall–Kier alpha value is -2.00. The van der Waals surface area contributed by atoms with Crippen LogP contribution in [0.5, 0.6) is 0 Å². The molecule has 0 aliphatic carbocycles. The fourth-order valence-corrected chi connectivity index (χ4v) is 1.99. The van der Waals surface area contributed by atoms with Crippen LogP contribution in [0, 0.1) is 0 Å². The molecule has 2 aromatic carbocycles. The van der Waals surface area contributed by atoms with Crippen molar-refractivity contribution in [2.45, 2.75) is 19.5 Å². The Labute approximate surface area is 124 Å². The summed E-state index contributed by atoms with van der Waals surface area (Å²) in [5, 5.41) is 6.42. The maximum absolute atomic E-state index is 11.8. The van der Waals surface area contributed by atoms with Crippen molar-refractivity contribution in [3.8, 4) is 0 Å². The molecule has 0 aromatic heterocycles. The lowest BCUT2D eigenvalue weighted by Crippen LogP contribution is -2.36. The summed E-state index contributed by atoms with van der Waals surface area (Å²) in [4.78, 5) is 11.8. The van der Waals surface area contributed by atoms with E-state index in [2.05, 4.69) is 10.6 Å². The zero-order chi connectivity index (χ0) is 14.4. The lowest BCUT2D eigenvalue weighted by atomic mass is 10.1. The van der Waals surface area contributed by atoms with Crippen molar-refractivity contribution in [1.29, 1.82) is 0 Å². The number of hydrogen-bond donors (Lipinski definition) is 2. The molecule has 4 heteroatoms. The van der Waals surface area contributed by atoms with Crippen LogP contribution in [0.4, 0.5) is 4.79 Å². The first-order valence-electron chi connectivity index (χ1n) is 6.49. The molecule has 2 amide bonds. The van der Waals surface area contributed by atoms with Crippen LogP contribution < -0.4 is 10.6 Å². The maximum Gasteiger partial charge on any atom is 0.315 e. The second kappa shape index (κ2) is 6.96. The van der Waals surface area contributed by atoms with E-state index in [0.29, 0.717) is 11.6 Å². The normalized spacial score (nSPS) is 11.7. The quantitative estimate of drug-likeness (QED) is 0.880. The molecule has 20 heavy (non-hydrogen) atoms. The van der Waals surface area contributed by atoms with Gasteiger partial charge in [-0.2, -0.15) is 0 Å². The number of carbonyl (C=O) groups is 1. The van der Waals surface area contributed by atoms with Crippen molar-refractivity contribution in [3.63, 3.8) is 0 Å². The Morgan fingerprint density at radius 3 is 2.40 bits per heavy atom. The zero-order valence-corrected chi connectivity index (χ0v) is 12.0. The predicted octanol–water partition coefficient (Wildman–Crippen LogP) is 3.90. The van der Waals surface area contributed by atoms with Gasteiger partial charge < -0.3 is 10.6 Å². The molecule has 0 saturated heterocycles. The van der Waals surface area contributed by atoms with Crippen molar-refractivity contribution in [3.05, 3.63) is 70.7 Å². The number of rotatable bonds is 4. The Bertz CT molecular complexity index is 554. The molecule has 2 rings (SSSR count). The number of hydrogen-bond acceptors (Lipinski definition) is 1. The Kier molecular flexibility index (Phi) is 5.02. The van der Waals surface area contributed by atoms with E-state index in [0.717, 1.165) is 11.1 Å². The van der Waals surface area contributed by atoms with Crippen LogP contribution in [0.1, 0.15) is 24.1 Å². The molecule has 1 atom stereocenters. The fraction of sp³-hybridized carbons (Fsp3) is 0.188. The minimum Gasteiger partial charge on any atom is -0.334 e. The van der Waals surface area contributed by atoms with E-state index in [1.165, 1.54) is 0 Å². The first kappa shape index (κ1) is 14.4. The second-order valence-corrected chi connectivity index (χ2v) is 5.02. The molecular weight excluding hydrogens is 272 g/mol. The molecule has 0 aliphatic rings. The van der Waals surface area contributed by atoms with E-state index in [-0.39, 0.29) is 12.1 Å². The molecule has 2 N–H and O–H groups in total. The Morgan fingerprint density at radius 2 is 1.75 bits per heavy atom. The zero-order valence-electron chi connectivity index (χ0n) is 11.3. The summed E-state index contributed by atoms with van der Waals surface area (Å²) in [6.45, 7) is 2.45. The molecule has 0 spiro atoms. The highest BCUT2D eigenvalue weighted by Gasteiger charge is 2.08. The predicted molar refractivity (Wildman–Crippen MR) is 81.7 cm³/mol. The molecule has 3 nitrogen and oxygen atoms in total. The van der Waals surface area contributed by atoms with E-state index in [9.17, 15) is 4.79 Å². The Morgan fingerprint density at radius 1 is 1.10 bits per heavy atom. The average Bonchev–Trinajstić information content (AvgIpc) is 2.47. The number of benzene rings is 2. The van der Waals surface area contributed by atoms with E-state index in [1.54, 1.807) is 0 Å². The molecule has 0 heterocycles. The third-order valence-electron chi connectivity index (χ3n) is 3.01. The molecule has 104 valence electrons. The van der Waals surface area contributed by atoms with Crippen LogP contribution in [-0.2, 0) is 6.54 Å². The van der Waals surface area contributed by atoms with Crippen molar-refractivity contribution < 1.29 is 4.79 Å². The van der Waals surface area contributed by atoms with E-state index >= 15 is 0 Å². The first-order chi connectivity index (χ1) is 9.65. The van der Waals surface area contributed by atoms with Crippen molar-refractivity contribution >= 4 is 17.6 Å². The summed E-state index contributed by atoms with van der Waals surface area (Å²) in [6.07, 6.45) is 0. The third kappa shape index (κ3) is 4.28. The van der Waals surface area contributed by atoms with Gasteiger partial charge in [-0.05, 0) is 30.2 Å². The highest BCUT2D eigenvalue weighted by Crippen LogP contribution is 2.15. The van der Waals surface area contributed by atoms with Gasteiger partial charge in [0.25, 0.3) is 0 Å². The van der Waals surface area contributed by atoms with E-state index in [1.807, 2.05) is 61.5 Å². The third-order valence-corrected chi connectivity index (χ3v) is 3.27. The molecule has 2 aromatic rings. The van der Waals surface area contributed by atoms with Crippen LogP contribution in [0.2, 0.25) is 5.02 Å². The maximum atomic E-state index is 11.8. The van der Waals surface area contributed by atoms with Gasteiger partial charge in [0.1, 0.15) is 0 Å². The van der Waals surface area contributed by atoms with E-state index < -0.39 is 0 Å². The summed E-state index contributed by atoms with van der Waals surface area (Å²) < 4.78 is 0. The second-order valence-electron chi connectivity index (χ2n) is 4.59. The van der Waals surface area contributed by atoms with Crippen LogP contribution in [-0.4, -0.2) is 6.03 Å². The van der Waals surface area contributed by atoms with Crippen LogP contribution in [0.3, 0.4) is 0 Å². The molecule has 0 bridgehead atoms. The number of halogens is 1. The fourth-order valence-electron chi connectivity index (χ4n) is 1.86. The van der Waals surface area contributed by atoms with Gasteiger partial charge in [-0.15, -0.1) is 0 Å². The number of urea groups is 1. The lowest BCUT2D eigenvalue weighted by molar-refractivity contribution is 0.237. The molecule has 0 radical (unpaired) electrons. The largest absolute Gasteiger partial charge is 0.334 e. The molecule has 0 aliphatic heterocycles. The number of nitrogens with one attached hydrogen (secondary N) is 2. The summed E-state index contributed by atoms with van der Waals surface area (Å²) in [5.74, 6) is 0. The van der Waals surface area contributed by atoms with Gasteiger partial charge in [0, 0.05) is 11.6 Å². The SMILES string of the molecule is C[C@H](NC(=O)NCc1ccccc1)c1ccc(Cl)cc1. The van der Waals surface area contributed by atoms with Gasteiger partial charge in [-0.3, -0.25) is 0 Å². The summed E-state index contributed by atoms with van der Waals surface area (Å²) >= 11 is 5.84. The molecule has 0 saturated carbocycles. The summed E-state index contributed by atoms with van der Waals surface area (Å²) in [6, 6.07) is 17.0. The monoisotopic (exact) mass is 288 g/mol. The minimum absolute atomic E-state index is 0.0666. The van der Waals surface area contributed by atoms with Crippen molar-refractivity contribution in [1.82, 2.24) is 10.6 Å². The van der Waals surface area contributed by atoms with Crippen molar-refractivity contribution in [2.24, 2.45) is 0 Å². The summed E-state index contributed by atoms with van der Waals surface area (Å²) in [7, 11) is 0. The van der Waals surface area contributed by atoms with Gasteiger partial charge in [0.15, 0.2) is 0 Å². The van der Waals surface area contributed by atoms with Gasteiger partial charge in [0.05, 0.1) is 6.04 Å². The summed E-state index contributed by atoms with van der Waals surface area (Å²) in [5.41, 5.74) is 2.09. The highest BCUT2D eigenvalue weighted by atomic mass is 35.5. The topological polar surface area (TPSA) is 41.1 Å². The standard InChI is InChI=1S/C16H17ClN2O/c1-12(14-7-9-15(17)10-8-14)19-16(20)18-11-13-5-3-2-4-6-13/h2-10,12H,11H2,1H3,(H2,18,19,20)/t12-/m0/s1. The van der Waals surface area contributed by atoms with Gasteiger partial charge >= 0.3 is 6.03 Å². The van der Waals surface area contributed by atoms with Crippen LogP contribution in [0.15, 0.2) is 54.6 Å². The van der Waals surface area contributed by atoms with Crippen molar-refractivity contribution in [2.75, 3.05) is 0 Å². The van der Waals surface area contributed by atoms with Gasteiger partial charge in [0.2, 0.25) is 0 Å². The minimum atomic E-state index is -0.184. The van der Waals surface area contributed by atoms with Gasteiger partial charge in [-0.1, -0.05) is 54.1 Å².